The molecule has 0 atom stereocenters. The Bertz CT molecular complexity index is 581. The molecule has 0 radical (unpaired) electrons. The fourth-order valence-corrected chi connectivity index (χ4v) is 5.24. The van der Waals surface area contributed by atoms with Gasteiger partial charge < -0.3 is 52.4 Å². The molecule has 0 saturated heterocycles. The van der Waals surface area contributed by atoms with Gasteiger partial charge in [-0.3, -0.25) is 9.59 Å². The summed E-state index contributed by atoms with van der Waals surface area (Å²) in [6.07, 6.45) is 24.6. The number of hydrogen-bond donors (Lipinski definition) is 0. The molecule has 0 spiro atoms. The first kappa shape index (κ1) is 47.2. The lowest BCUT2D eigenvalue weighted by Crippen LogP contribution is -3.00. The summed E-state index contributed by atoms with van der Waals surface area (Å²) in [4.78, 5) is 24.2. The van der Waals surface area contributed by atoms with E-state index in [-0.39, 0.29) is 45.9 Å². The summed E-state index contributed by atoms with van der Waals surface area (Å²) in [7, 11) is 8.91. The molecule has 0 aromatic rings. The van der Waals surface area contributed by atoms with Crippen molar-refractivity contribution in [1.82, 2.24) is 0 Å². The Morgan fingerprint density at radius 2 is 0.698 bits per heavy atom. The van der Waals surface area contributed by atoms with Crippen LogP contribution in [-0.4, -0.2) is 88.5 Å². The van der Waals surface area contributed by atoms with Crippen LogP contribution in [0.4, 0.5) is 0 Å². The van der Waals surface area contributed by atoms with Crippen LogP contribution in [0.2, 0.25) is 0 Å². The molecule has 0 heterocycles. The summed E-state index contributed by atoms with van der Waals surface area (Å²) < 4.78 is 12.8. The van der Waals surface area contributed by atoms with Crippen LogP contribution in [0, 0.1) is 0 Å². The van der Waals surface area contributed by atoms with Crippen LogP contribution in [0.15, 0.2) is 0 Å². The molecule has 0 aliphatic rings. The SMILES string of the molecule is CCCCCCCCCC[N+](C)(C)CCOC(=O)CCCCCC(=O)OCC[N+](C)(C)CCCCCCCCCC.[Br-].[Br-]. The van der Waals surface area contributed by atoms with Crippen molar-refractivity contribution in [3.8, 4) is 0 Å². The van der Waals surface area contributed by atoms with Crippen LogP contribution in [0.25, 0.3) is 0 Å². The van der Waals surface area contributed by atoms with Gasteiger partial charge in [-0.25, -0.2) is 0 Å². The number of likely N-dealkylation sites (N-methyl/N-ethyl adjacent to an activating group) is 2. The molecule has 0 unspecified atom stereocenters. The van der Waals surface area contributed by atoms with Gasteiger partial charge in [0.25, 0.3) is 0 Å². The first-order valence-electron chi connectivity index (χ1n) is 17.6. The van der Waals surface area contributed by atoms with Crippen LogP contribution in [-0.2, 0) is 19.1 Å². The normalized spacial score (nSPS) is 11.5. The number of unbranched alkanes of at least 4 members (excludes halogenated alkanes) is 16. The highest BCUT2D eigenvalue weighted by Crippen LogP contribution is 2.12. The minimum absolute atomic E-state index is 0. The Labute approximate surface area is 289 Å². The van der Waals surface area contributed by atoms with Gasteiger partial charge in [-0.2, -0.15) is 0 Å². The Kier molecular flexibility index (Phi) is 34.9. The van der Waals surface area contributed by atoms with E-state index < -0.39 is 0 Å². The molecule has 43 heavy (non-hydrogen) atoms. The topological polar surface area (TPSA) is 52.6 Å². The van der Waals surface area contributed by atoms with Crippen molar-refractivity contribution in [1.29, 1.82) is 0 Å². The molecule has 0 bridgehead atoms. The molecule has 0 aromatic carbocycles. The summed E-state index contributed by atoms with van der Waals surface area (Å²) in [5.74, 6) is -0.229. The standard InChI is InChI=1S/C35H72N2O4.2BrH/c1-7-9-11-13-15-17-19-24-28-36(3,4)30-32-40-34(38)26-22-21-23-27-35(39)41-33-31-37(5,6)29-25-20-18-16-14-12-10-8-2;;/h7-33H2,1-6H3;2*1H/q+2;;/p-2. The minimum atomic E-state index is -0.115. The van der Waals surface area contributed by atoms with Crippen molar-refractivity contribution in [2.75, 3.05) is 67.6 Å². The summed E-state index contributed by atoms with van der Waals surface area (Å²) in [6, 6.07) is 0. The number of quaternary nitrogens is 2. The van der Waals surface area contributed by atoms with Crippen LogP contribution in [0.5, 0.6) is 0 Å². The lowest BCUT2D eigenvalue weighted by atomic mass is 10.1. The largest absolute Gasteiger partial charge is 1.00 e. The molecular formula is C35H72Br2N2O4. The van der Waals surface area contributed by atoms with Crippen molar-refractivity contribution in [2.45, 2.75) is 149 Å². The third-order valence-electron chi connectivity index (χ3n) is 8.42. The first-order valence-corrected chi connectivity index (χ1v) is 17.6. The Morgan fingerprint density at radius 3 is 1.02 bits per heavy atom. The Morgan fingerprint density at radius 1 is 0.419 bits per heavy atom. The van der Waals surface area contributed by atoms with Crippen LogP contribution >= 0.6 is 0 Å². The highest BCUT2D eigenvalue weighted by atomic mass is 79.9. The highest BCUT2D eigenvalue weighted by Gasteiger charge is 2.17. The number of carbonyl (C=O) groups is 2. The number of hydrogen-bond acceptors (Lipinski definition) is 4. The maximum absolute atomic E-state index is 12.1. The molecule has 260 valence electrons. The summed E-state index contributed by atoms with van der Waals surface area (Å²) in [5, 5.41) is 0. The van der Waals surface area contributed by atoms with Gasteiger partial charge in [-0.05, 0) is 38.5 Å². The van der Waals surface area contributed by atoms with Crippen molar-refractivity contribution in [3.05, 3.63) is 0 Å². The fourth-order valence-electron chi connectivity index (χ4n) is 5.24. The summed E-state index contributed by atoms with van der Waals surface area (Å²) in [5.41, 5.74) is 0. The number of carbonyl (C=O) groups excluding carboxylic acids is 2. The number of ether oxygens (including phenoxy) is 2. The van der Waals surface area contributed by atoms with Crippen molar-refractivity contribution in [2.24, 2.45) is 0 Å². The maximum atomic E-state index is 12.1. The molecule has 0 N–H and O–H groups in total. The molecule has 6 nitrogen and oxygen atoms in total. The van der Waals surface area contributed by atoms with Crippen LogP contribution in [0.1, 0.15) is 149 Å². The molecule has 0 saturated carbocycles. The van der Waals surface area contributed by atoms with Gasteiger partial charge in [0.05, 0.1) is 41.3 Å². The van der Waals surface area contributed by atoms with E-state index in [4.69, 9.17) is 9.47 Å². The van der Waals surface area contributed by atoms with Crippen molar-refractivity contribution < 1.29 is 62.0 Å². The second kappa shape index (κ2) is 31.8. The Balaban J connectivity index is -0.00000800. The molecular weight excluding hydrogens is 672 g/mol. The fraction of sp³-hybridized carbons (Fsp3) is 0.943. The van der Waals surface area contributed by atoms with E-state index >= 15 is 0 Å². The molecule has 0 aliphatic heterocycles. The van der Waals surface area contributed by atoms with Crippen LogP contribution in [0.3, 0.4) is 0 Å². The highest BCUT2D eigenvalue weighted by molar-refractivity contribution is 5.69. The van der Waals surface area contributed by atoms with Crippen molar-refractivity contribution >= 4 is 11.9 Å². The third kappa shape index (κ3) is 34.5. The third-order valence-corrected chi connectivity index (χ3v) is 8.42. The minimum Gasteiger partial charge on any atom is -1.00 e. The second-order valence-corrected chi connectivity index (χ2v) is 13.7. The van der Waals surface area contributed by atoms with E-state index in [9.17, 15) is 9.59 Å². The lowest BCUT2D eigenvalue weighted by molar-refractivity contribution is -0.890. The van der Waals surface area contributed by atoms with Crippen molar-refractivity contribution in [3.63, 3.8) is 0 Å². The summed E-state index contributed by atoms with van der Waals surface area (Å²) >= 11 is 0. The van der Waals surface area contributed by atoms with E-state index in [1.165, 1.54) is 103 Å². The van der Waals surface area contributed by atoms with Gasteiger partial charge in [0.1, 0.15) is 26.3 Å². The van der Waals surface area contributed by atoms with Gasteiger partial charge in [-0.1, -0.05) is 97.3 Å². The Hall–Kier alpha value is -0.180. The average Bonchev–Trinajstić information content (AvgIpc) is 2.91. The predicted octanol–water partition coefficient (Wildman–Crippen LogP) is 2.47. The predicted molar refractivity (Wildman–Crippen MR) is 174 cm³/mol. The monoisotopic (exact) mass is 742 g/mol. The number of halogens is 2. The van der Waals surface area contributed by atoms with Crippen LogP contribution < -0.4 is 34.0 Å². The zero-order valence-electron chi connectivity index (χ0n) is 29.4. The van der Waals surface area contributed by atoms with E-state index in [0.29, 0.717) is 26.1 Å². The van der Waals surface area contributed by atoms with Gasteiger partial charge in [0.2, 0.25) is 0 Å². The smallest absolute Gasteiger partial charge is 0.305 e. The molecule has 0 rings (SSSR count). The number of nitrogens with zero attached hydrogens (tertiary/aromatic N) is 2. The zero-order chi connectivity index (χ0) is 30.7. The van der Waals surface area contributed by atoms with E-state index in [1.807, 2.05) is 0 Å². The van der Waals surface area contributed by atoms with Gasteiger partial charge in [0, 0.05) is 12.8 Å². The second-order valence-electron chi connectivity index (χ2n) is 13.7. The molecule has 0 fully saturated rings. The molecule has 0 aromatic heterocycles. The van der Waals surface area contributed by atoms with Gasteiger partial charge in [0.15, 0.2) is 0 Å². The quantitative estimate of drug-likeness (QED) is 0.0646. The zero-order valence-corrected chi connectivity index (χ0v) is 32.5. The molecule has 0 aliphatic carbocycles. The van der Waals surface area contributed by atoms with E-state index in [2.05, 4.69) is 42.0 Å². The molecule has 8 heteroatoms. The number of rotatable bonds is 30. The lowest BCUT2D eigenvalue weighted by Gasteiger charge is -2.29. The maximum Gasteiger partial charge on any atom is 0.305 e. The summed E-state index contributed by atoms with van der Waals surface area (Å²) in [6.45, 7) is 9.51. The van der Waals surface area contributed by atoms with Gasteiger partial charge in [-0.15, -0.1) is 0 Å². The van der Waals surface area contributed by atoms with Gasteiger partial charge >= 0.3 is 11.9 Å². The first-order chi connectivity index (χ1) is 19.6. The molecule has 0 amide bonds. The van der Waals surface area contributed by atoms with E-state index in [1.54, 1.807) is 0 Å². The van der Waals surface area contributed by atoms with E-state index in [0.717, 1.165) is 54.4 Å². The number of esters is 2. The average molecular weight is 745 g/mol.